The normalized spacial score (nSPS) is 11.7. The molecule has 0 radical (unpaired) electrons. The zero-order valence-electron chi connectivity index (χ0n) is 11.8. The molecule has 0 fully saturated rings. The molecule has 0 saturated carbocycles. The van der Waals surface area contributed by atoms with Crippen LogP contribution in [-0.2, 0) is 16.0 Å². The monoisotopic (exact) mass is 262 g/mol. The predicted molar refractivity (Wildman–Crippen MR) is 77.2 cm³/mol. The molecule has 1 amide bonds. The Labute approximate surface area is 114 Å². The van der Waals surface area contributed by atoms with Gasteiger partial charge in [-0.2, -0.15) is 0 Å². The third-order valence-corrected chi connectivity index (χ3v) is 3.07. The molecule has 0 unspecified atom stereocenters. The Morgan fingerprint density at radius 2 is 2.00 bits per heavy atom. The third kappa shape index (κ3) is 4.39. The highest BCUT2D eigenvalue weighted by atomic mass is 16.2. The van der Waals surface area contributed by atoms with Gasteiger partial charge in [-0.1, -0.05) is 19.1 Å². The van der Waals surface area contributed by atoms with Crippen molar-refractivity contribution >= 4 is 17.9 Å². The van der Waals surface area contributed by atoms with Crippen molar-refractivity contribution in [3.05, 3.63) is 29.8 Å². The minimum atomic E-state index is -0.357. The summed E-state index contributed by atoms with van der Waals surface area (Å²) in [5.41, 5.74) is 1.98. The number of hydrogen-bond donors (Lipinski definition) is 1. The van der Waals surface area contributed by atoms with E-state index in [2.05, 4.69) is 5.32 Å². The van der Waals surface area contributed by atoms with Crippen LogP contribution in [0.25, 0.3) is 0 Å². The lowest BCUT2D eigenvalue weighted by Crippen LogP contribution is -2.40. The van der Waals surface area contributed by atoms with Crippen LogP contribution in [0.2, 0.25) is 0 Å². The molecular weight excluding hydrogens is 240 g/mol. The maximum absolute atomic E-state index is 12.2. The fourth-order valence-corrected chi connectivity index (χ4v) is 1.94. The van der Waals surface area contributed by atoms with Crippen LogP contribution in [0.3, 0.4) is 0 Å². The fraction of sp³-hybridized carbons (Fsp3) is 0.467. The van der Waals surface area contributed by atoms with Crippen LogP contribution in [0.4, 0.5) is 5.69 Å². The van der Waals surface area contributed by atoms with Crippen molar-refractivity contribution in [2.45, 2.75) is 32.7 Å². The molecule has 1 atom stereocenters. The molecule has 0 saturated heterocycles. The van der Waals surface area contributed by atoms with Gasteiger partial charge < -0.3 is 15.0 Å². The third-order valence-electron chi connectivity index (χ3n) is 3.07. The number of carbonyl (C=O) groups excluding carboxylic acids is 2. The summed E-state index contributed by atoms with van der Waals surface area (Å²) in [6.45, 7) is 4.37. The topological polar surface area (TPSA) is 49.4 Å². The Morgan fingerprint density at radius 3 is 2.47 bits per heavy atom. The Balaban J connectivity index is 2.71. The molecule has 1 aromatic rings. The quantitative estimate of drug-likeness (QED) is 0.766. The van der Waals surface area contributed by atoms with Gasteiger partial charge in [0.25, 0.3) is 0 Å². The lowest BCUT2D eigenvalue weighted by Gasteiger charge is -2.25. The van der Waals surface area contributed by atoms with E-state index in [1.807, 2.05) is 38.2 Å². The molecule has 0 aliphatic carbocycles. The number of nitrogens with zero attached hydrogens (tertiary/aromatic N) is 1. The van der Waals surface area contributed by atoms with Crippen molar-refractivity contribution in [3.63, 3.8) is 0 Å². The van der Waals surface area contributed by atoms with Crippen LogP contribution in [0, 0.1) is 0 Å². The molecule has 1 rings (SSSR count). The molecule has 4 heteroatoms. The first kappa shape index (κ1) is 15.2. The summed E-state index contributed by atoms with van der Waals surface area (Å²) in [7, 11) is 1.86. The number of amides is 1. The molecule has 1 N–H and O–H groups in total. The molecule has 0 spiro atoms. The van der Waals surface area contributed by atoms with Crippen LogP contribution in [0.15, 0.2) is 24.3 Å². The van der Waals surface area contributed by atoms with E-state index in [0.29, 0.717) is 13.0 Å². The van der Waals surface area contributed by atoms with Crippen molar-refractivity contribution in [1.82, 2.24) is 4.90 Å². The molecule has 0 aliphatic heterocycles. The Bertz CT molecular complexity index is 415. The first-order chi connectivity index (χ1) is 9.12. The maximum atomic E-state index is 12.2. The van der Waals surface area contributed by atoms with Crippen molar-refractivity contribution in [2.75, 3.05) is 18.9 Å². The van der Waals surface area contributed by atoms with Gasteiger partial charge in [-0.25, -0.2) is 0 Å². The molecule has 4 nitrogen and oxygen atoms in total. The minimum Gasteiger partial charge on any atom is -0.388 e. The van der Waals surface area contributed by atoms with E-state index in [1.165, 1.54) is 0 Å². The van der Waals surface area contributed by atoms with E-state index in [4.69, 9.17) is 0 Å². The predicted octanol–water partition coefficient (Wildman–Crippen LogP) is 2.10. The molecule has 0 heterocycles. The summed E-state index contributed by atoms with van der Waals surface area (Å²) in [5, 5.41) is 3.04. The summed E-state index contributed by atoms with van der Waals surface area (Å²) in [4.78, 5) is 24.7. The smallest absolute Gasteiger partial charge is 0.227 e. The van der Waals surface area contributed by atoms with E-state index < -0.39 is 0 Å². The van der Waals surface area contributed by atoms with Crippen LogP contribution in [0.5, 0.6) is 0 Å². The summed E-state index contributed by atoms with van der Waals surface area (Å²) >= 11 is 0. The largest absolute Gasteiger partial charge is 0.388 e. The van der Waals surface area contributed by atoms with Gasteiger partial charge in [-0.3, -0.25) is 4.79 Å². The van der Waals surface area contributed by atoms with Crippen LogP contribution in [0.1, 0.15) is 25.8 Å². The SMILES string of the molecule is CCCN(C(=O)Cc1ccc(NC)cc1)[C@@H](C)C=O. The molecule has 19 heavy (non-hydrogen) atoms. The number of carbonyl (C=O) groups is 2. The van der Waals surface area contributed by atoms with Crippen LogP contribution < -0.4 is 5.32 Å². The Morgan fingerprint density at radius 1 is 1.37 bits per heavy atom. The highest BCUT2D eigenvalue weighted by Gasteiger charge is 2.18. The summed E-state index contributed by atoms with van der Waals surface area (Å²) in [6, 6.07) is 7.38. The van der Waals surface area contributed by atoms with E-state index in [0.717, 1.165) is 24.0 Å². The van der Waals surface area contributed by atoms with Gasteiger partial charge >= 0.3 is 0 Å². The Hall–Kier alpha value is -1.84. The van der Waals surface area contributed by atoms with Crippen molar-refractivity contribution in [1.29, 1.82) is 0 Å². The number of anilines is 1. The van der Waals surface area contributed by atoms with Gasteiger partial charge in [-0.05, 0) is 31.0 Å². The molecule has 0 bridgehead atoms. The van der Waals surface area contributed by atoms with E-state index in [-0.39, 0.29) is 11.9 Å². The standard InChI is InChI=1S/C15H22N2O2/c1-4-9-17(12(2)11-18)15(19)10-13-5-7-14(16-3)8-6-13/h5-8,11-12,16H,4,9-10H2,1-3H3/t12-/m0/s1. The maximum Gasteiger partial charge on any atom is 0.227 e. The van der Waals surface area contributed by atoms with E-state index in [1.54, 1.807) is 11.8 Å². The number of aldehydes is 1. The average molecular weight is 262 g/mol. The molecular formula is C15H22N2O2. The fourth-order valence-electron chi connectivity index (χ4n) is 1.94. The van der Waals surface area contributed by atoms with Crippen molar-refractivity contribution < 1.29 is 9.59 Å². The van der Waals surface area contributed by atoms with Crippen molar-refractivity contribution in [2.24, 2.45) is 0 Å². The summed E-state index contributed by atoms with van der Waals surface area (Å²) in [5.74, 6) is -0.00124. The van der Waals surface area contributed by atoms with Crippen LogP contribution >= 0.6 is 0 Å². The first-order valence-electron chi connectivity index (χ1n) is 6.63. The van der Waals surface area contributed by atoms with Gasteiger partial charge in [0.2, 0.25) is 5.91 Å². The Kier molecular flexibility index (Phi) is 6.06. The summed E-state index contributed by atoms with van der Waals surface area (Å²) < 4.78 is 0. The minimum absolute atomic E-state index is 0.00124. The second kappa shape index (κ2) is 7.56. The lowest BCUT2D eigenvalue weighted by molar-refractivity contribution is -0.135. The zero-order chi connectivity index (χ0) is 14.3. The lowest BCUT2D eigenvalue weighted by atomic mass is 10.1. The van der Waals surface area contributed by atoms with E-state index >= 15 is 0 Å². The zero-order valence-corrected chi connectivity index (χ0v) is 11.8. The molecule has 0 aromatic heterocycles. The van der Waals surface area contributed by atoms with Gasteiger partial charge in [0.15, 0.2) is 0 Å². The average Bonchev–Trinajstić information content (AvgIpc) is 2.44. The number of rotatable bonds is 7. The first-order valence-corrected chi connectivity index (χ1v) is 6.63. The van der Waals surface area contributed by atoms with Crippen molar-refractivity contribution in [3.8, 4) is 0 Å². The second-order valence-electron chi connectivity index (χ2n) is 4.59. The second-order valence-corrected chi connectivity index (χ2v) is 4.59. The van der Waals surface area contributed by atoms with Gasteiger partial charge in [-0.15, -0.1) is 0 Å². The number of nitrogens with one attached hydrogen (secondary N) is 1. The van der Waals surface area contributed by atoms with E-state index in [9.17, 15) is 9.59 Å². The van der Waals surface area contributed by atoms with Gasteiger partial charge in [0.05, 0.1) is 12.5 Å². The van der Waals surface area contributed by atoms with Gasteiger partial charge in [0.1, 0.15) is 6.29 Å². The highest BCUT2D eigenvalue weighted by Crippen LogP contribution is 2.11. The highest BCUT2D eigenvalue weighted by molar-refractivity contribution is 5.81. The molecule has 1 aromatic carbocycles. The number of hydrogen-bond acceptors (Lipinski definition) is 3. The molecule has 0 aliphatic rings. The van der Waals surface area contributed by atoms with Gasteiger partial charge in [0, 0.05) is 19.3 Å². The molecule has 104 valence electrons. The summed E-state index contributed by atoms with van der Waals surface area (Å²) in [6.07, 6.45) is 2.00. The van der Waals surface area contributed by atoms with Crippen LogP contribution in [-0.4, -0.2) is 36.7 Å². The number of benzene rings is 1.